The Hall–Kier alpha value is -2.76. The maximum absolute atomic E-state index is 13.9. The molecule has 10 heteroatoms. The van der Waals surface area contributed by atoms with E-state index < -0.39 is 10.0 Å². The Kier molecular flexibility index (Phi) is 10.4. The van der Waals surface area contributed by atoms with Crippen LogP contribution in [0.15, 0.2) is 82.6 Å². The molecule has 0 unspecified atom stereocenters. The van der Waals surface area contributed by atoms with Crippen LogP contribution in [0.4, 0.5) is 5.13 Å². The molecule has 0 saturated heterocycles. The minimum atomic E-state index is -3.73. The third-order valence-electron chi connectivity index (χ3n) is 6.89. The zero-order chi connectivity index (χ0) is 28.7. The number of carbonyl (C=O) groups excluding carboxylic acids is 1. The average Bonchev–Trinajstić information content (AvgIpc) is 3.42. The molecule has 0 spiro atoms. The first kappa shape index (κ1) is 30.2. The molecule has 1 heterocycles. The van der Waals surface area contributed by atoms with Crippen molar-refractivity contribution in [3.05, 3.63) is 83.9 Å². The number of fused-ring (bicyclic) bond motifs is 1. The number of thioether (sulfide) groups is 1. The Morgan fingerprint density at radius 2 is 1.57 bits per heavy atom. The molecule has 0 saturated carbocycles. The molecular formula is C30H36N4O3S3. The average molecular weight is 597 g/mol. The van der Waals surface area contributed by atoms with Crippen LogP contribution in [0.5, 0.6) is 0 Å². The predicted molar refractivity (Wildman–Crippen MR) is 167 cm³/mol. The Morgan fingerprint density at radius 1 is 0.875 bits per heavy atom. The van der Waals surface area contributed by atoms with Crippen LogP contribution >= 0.6 is 23.1 Å². The third-order valence-corrected chi connectivity index (χ3v) is 10.6. The summed E-state index contributed by atoms with van der Waals surface area (Å²) < 4.78 is 29.3. The van der Waals surface area contributed by atoms with E-state index in [2.05, 4.69) is 18.7 Å². The summed E-state index contributed by atoms with van der Waals surface area (Å²) in [6, 6.07) is 21.9. The van der Waals surface area contributed by atoms with Gasteiger partial charge in [0.25, 0.3) is 5.91 Å². The molecule has 3 aromatic carbocycles. The van der Waals surface area contributed by atoms with Gasteiger partial charge in [0.05, 0.1) is 15.1 Å². The molecule has 0 aliphatic carbocycles. The minimum absolute atomic E-state index is 0.168. The van der Waals surface area contributed by atoms with Gasteiger partial charge < -0.3 is 4.90 Å². The van der Waals surface area contributed by atoms with E-state index in [-0.39, 0.29) is 17.3 Å². The molecule has 1 amide bonds. The van der Waals surface area contributed by atoms with E-state index in [1.807, 2.05) is 61.7 Å². The number of hydrogen-bond donors (Lipinski definition) is 0. The standard InChI is InChI=1S/C30H36N4O3S3/c1-5-32(6-2)20-21-34(30-31-28-26(38-4)14-11-15-27(28)39-30)29(35)24-16-18-25(19-17-24)40(36,37)33(7-3)22-23-12-9-8-10-13-23/h8-19H,5-7,20-22H2,1-4H3. The number of hydrogen-bond acceptors (Lipinski definition) is 7. The van der Waals surface area contributed by atoms with Crippen LogP contribution in [-0.4, -0.2) is 67.5 Å². The number of carbonyl (C=O) groups is 1. The van der Waals surface area contributed by atoms with E-state index in [4.69, 9.17) is 4.98 Å². The topological polar surface area (TPSA) is 73.8 Å². The van der Waals surface area contributed by atoms with E-state index in [9.17, 15) is 13.2 Å². The van der Waals surface area contributed by atoms with E-state index >= 15 is 0 Å². The van der Waals surface area contributed by atoms with Gasteiger partial charge in [0.15, 0.2) is 5.13 Å². The van der Waals surface area contributed by atoms with E-state index in [0.29, 0.717) is 30.3 Å². The van der Waals surface area contributed by atoms with Crippen molar-refractivity contribution in [3.8, 4) is 0 Å². The van der Waals surface area contributed by atoms with Gasteiger partial charge in [-0.1, -0.05) is 68.5 Å². The second kappa shape index (κ2) is 13.7. The Bertz CT molecular complexity index is 1520. The van der Waals surface area contributed by atoms with Gasteiger partial charge in [-0.25, -0.2) is 13.4 Å². The SMILES string of the molecule is CCN(CC)CCN(C(=O)c1ccc(S(=O)(=O)N(CC)Cc2ccccc2)cc1)c1nc2c(SC)cccc2s1. The van der Waals surface area contributed by atoms with Crippen molar-refractivity contribution in [1.29, 1.82) is 0 Å². The monoisotopic (exact) mass is 596 g/mol. The van der Waals surface area contributed by atoms with Crippen LogP contribution in [0.2, 0.25) is 0 Å². The third kappa shape index (κ3) is 6.75. The fourth-order valence-corrected chi connectivity index (χ4v) is 7.57. The number of para-hydroxylation sites is 1. The highest BCUT2D eigenvalue weighted by Gasteiger charge is 2.26. The molecular weight excluding hydrogens is 561 g/mol. The highest BCUT2D eigenvalue weighted by Crippen LogP contribution is 2.34. The van der Waals surface area contributed by atoms with E-state index in [0.717, 1.165) is 33.8 Å². The smallest absolute Gasteiger partial charge is 0.260 e. The van der Waals surface area contributed by atoms with Crippen molar-refractivity contribution >= 4 is 54.4 Å². The van der Waals surface area contributed by atoms with Crippen LogP contribution in [-0.2, 0) is 16.6 Å². The highest BCUT2D eigenvalue weighted by atomic mass is 32.2. The van der Waals surface area contributed by atoms with E-state index in [1.165, 1.54) is 27.8 Å². The van der Waals surface area contributed by atoms with Gasteiger partial charge in [0.2, 0.25) is 10.0 Å². The van der Waals surface area contributed by atoms with Gasteiger partial charge >= 0.3 is 0 Å². The molecule has 0 atom stereocenters. The molecule has 7 nitrogen and oxygen atoms in total. The first-order valence-electron chi connectivity index (χ1n) is 13.4. The number of nitrogens with zero attached hydrogens (tertiary/aromatic N) is 4. The number of anilines is 1. The van der Waals surface area contributed by atoms with E-state index in [1.54, 1.807) is 28.8 Å². The second-order valence-electron chi connectivity index (χ2n) is 9.23. The lowest BCUT2D eigenvalue weighted by Crippen LogP contribution is -2.39. The number of aromatic nitrogens is 1. The Morgan fingerprint density at radius 3 is 2.20 bits per heavy atom. The van der Waals surface area contributed by atoms with Crippen molar-refractivity contribution in [3.63, 3.8) is 0 Å². The fourth-order valence-electron chi connectivity index (χ4n) is 4.49. The molecule has 0 aliphatic rings. The van der Waals surface area contributed by atoms with Crippen molar-refractivity contribution in [2.45, 2.75) is 37.1 Å². The van der Waals surface area contributed by atoms with Crippen LogP contribution in [0, 0.1) is 0 Å². The Labute approximate surface area is 245 Å². The zero-order valence-corrected chi connectivity index (χ0v) is 25.9. The molecule has 1 aromatic heterocycles. The number of amides is 1. The van der Waals surface area contributed by atoms with Crippen LogP contribution < -0.4 is 4.90 Å². The quantitative estimate of drug-likeness (QED) is 0.171. The highest BCUT2D eigenvalue weighted by molar-refractivity contribution is 7.98. The fraction of sp³-hybridized carbons (Fsp3) is 0.333. The van der Waals surface area contributed by atoms with Crippen molar-refractivity contribution in [1.82, 2.24) is 14.2 Å². The second-order valence-corrected chi connectivity index (χ2v) is 13.0. The number of benzene rings is 3. The molecule has 0 fully saturated rings. The minimum Gasteiger partial charge on any atom is -0.302 e. The van der Waals surface area contributed by atoms with Gasteiger partial charge in [0.1, 0.15) is 0 Å². The largest absolute Gasteiger partial charge is 0.302 e. The first-order valence-corrected chi connectivity index (χ1v) is 16.9. The molecule has 40 heavy (non-hydrogen) atoms. The molecule has 0 N–H and O–H groups in total. The van der Waals surface area contributed by atoms with Crippen molar-refractivity contribution in [2.75, 3.05) is 43.9 Å². The van der Waals surface area contributed by atoms with Crippen LogP contribution in [0.1, 0.15) is 36.7 Å². The summed E-state index contributed by atoms with van der Waals surface area (Å²) in [5.41, 5.74) is 2.24. The molecule has 4 aromatic rings. The van der Waals surface area contributed by atoms with Crippen molar-refractivity contribution < 1.29 is 13.2 Å². The summed E-state index contributed by atoms with van der Waals surface area (Å²) in [5, 5.41) is 0.644. The normalized spacial score (nSPS) is 11.9. The number of thiazole rings is 1. The summed E-state index contributed by atoms with van der Waals surface area (Å²) >= 11 is 3.13. The van der Waals surface area contributed by atoms with Gasteiger partial charge in [-0.15, -0.1) is 11.8 Å². The predicted octanol–water partition coefficient (Wildman–Crippen LogP) is 6.22. The lowest BCUT2D eigenvalue weighted by atomic mass is 10.2. The molecule has 212 valence electrons. The summed E-state index contributed by atoms with van der Waals surface area (Å²) in [6.45, 7) is 9.63. The van der Waals surface area contributed by atoms with Gasteiger partial charge in [-0.05, 0) is 61.3 Å². The van der Waals surface area contributed by atoms with Gasteiger partial charge in [-0.2, -0.15) is 4.31 Å². The molecule has 0 aliphatic heterocycles. The summed E-state index contributed by atoms with van der Waals surface area (Å²) in [7, 11) is -3.73. The number of sulfonamides is 1. The summed E-state index contributed by atoms with van der Waals surface area (Å²) in [5.74, 6) is -0.197. The lowest BCUT2D eigenvalue weighted by molar-refractivity contribution is 0.0983. The molecule has 4 rings (SSSR count). The summed E-state index contributed by atoms with van der Waals surface area (Å²) in [4.78, 5) is 24.0. The van der Waals surface area contributed by atoms with Crippen molar-refractivity contribution in [2.24, 2.45) is 0 Å². The Balaban J connectivity index is 1.62. The maximum Gasteiger partial charge on any atom is 0.260 e. The van der Waals surface area contributed by atoms with Crippen LogP contribution in [0.3, 0.4) is 0 Å². The summed E-state index contributed by atoms with van der Waals surface area (Å²) in [6.07, 6.45) is 2.02. The van der Waals surface area contributed by atoms with Gasteiger partial charge in [-0.3, -0.25) is 9.69 Å². The lowest BCUT2D eigenvalue weighted by Gasteiger charge is -2.25. The molecule has 0 bridgehead atoms. The molecule has 0 radical (unpaired) electrons. The number of likely N-dealkylation sites (N-methyl/N-ethyl adjacent to an activating group) is 1. The zero-order valence-electron chi connectivity index (χ0n) is 23.4. The number of rotatable bonds is 13. The van der Waals surface area contributed by atoms with Crippen LogP contribution in [0.25, 0.3) is 10.2 Å². The maximum atomic E-state index is 13.9. The van der Waals surface area contributed by atoms with Gasteiger partial charge in [0, 0.05) is 36.6 Å². The first-order chi connectivity index (χ1) is 19.3.